The van der Waals surface area contributed by atoms with E-state index in [9.17, 15) is 13.6 Å². The van der Waals surface area contributed by atoms with Crippen LogP contribution in [0.1, 0.15) is 24.5 Å². The van der Waals surface area contributed by atoms with Crippen molar-refractivity contribution in [2.24, 2.45) is 0 Å². The standard InChI is InChI=1S/C10H9BrClF2NO2/c1-2-17-7(16)4-5-3-6(10(13)14)9(12)15-8(5)11/h3,10H,2,4H2,1H3. The maximum absolute atomic E-state index is 12.6. The van der Waals surface area contributed by atoms with E-state index in [1.54, 1.807) is 6.92 Å². The highest BCUT2D eigenvalue weighted by molar-refractivity contribution is 9.10. The molecule has 3 nitrogen and oxygen atoms in total. The molecule has 7 heteroatoms. The van der Waals surface area contributed by atoms with Gasteiger partial charge in [0.15, 0.2) is 0 Å². The summed E-state index contributed by atoms with van der Waals surface area (Å²) in [4.78, 5) is 14.9. The first-order chi connectivity index (χ1) is 7.95. The summed E-state index contributed by atoms with van der Waals surface area (Å²) in [5.74, 6) is -0.502. The summed E-state index contributed by atoms with van der Waals surface area (Å²) in [6.07, 6.45) is -2.86. The zero-order valence-corrected chi connectivity index (χ0v) is 11.2. The molecule has 0 bridgehead atoms. The number of aromatic nitrogens is 1. The van der Waals surface area contributed by atoms with E-state index < -0.39 is 18.0 Å². The predicted octanol–water partition coefficient (Wildman–Crippen LogP) is 3.54. The first-order valence-corrected chi connectivity index (χ1v) is 5.91. The van der Waals surface area contributed by atoms with Gasteiger partial charge in [0, 0.05) is 0 Å². The number of alkyl halides is 2. The van der Waals surface area contributed by atoms with E-state index in [2.05, 4.69) is 20.9 Å². The summed E-state index contributed by atoms with van der Waals surface area (Å²) in [6.45, 7) is 1.90. The van der Waals surface area contributed by atoms with Crippen molar-refractivity contribution in [1.82, 2.24) is 4.98 Å². The van der Waals surface area contributed by atoms with Crippen LogP contribution in [0.3, 0.4) is 0 Å². The van der Waals surface area contributed by atoms with E-state index in [0.29, 0.717) is 5.56 Å². The van der Waals surface area contributed by atoms with Crippen LogP contribution in [0.25, 0.3) is 0 Å². The quantitative estimate of drug-likeness (QED) is 0.627. The van der Waals surface area contributed by atoms with Crippen molar-refractivity contribution in [2.75, 3.05) is 6.61 Å². The molecule has 0 fully saturated rings. The number of ether oxygens (including phenoxy) is 1. The Morgan fingerprint density at radius 1 is 1.65 bits per heavy atom. The van der Waals surface area contributed by atoms with Gasteiger partial charge in [-0.1, -0.05) is 11.6 Å². The molecule has 0 amide bonds. The molecule has 1 aromatic rings. The molecule has 0 aromatic carbocycles. The van der Waals surface area contributed by atoms with Crippen LogP contribution < -0.4 is 0 Å². The Morgan fingerprint density at radius 3 is 2.82 bits per heavy atom. The lowest BCUT2D eigenvalue weighted by Crippen LogP contribution is -2.09. The molecule has 0 unspecified atom stereocenters. The van der Waals surface area contributed by atoms with Crippen LogP contribution in [0.15, 0.2) is 10.7 Å². The summed E-state index contributed by atoms with van der Waals surface area (Å²) in [6, 6.07) is 1.15. The van der Waals surface area contributed by atoms with E-state index in [4.69, 9.17) is 16.3 Å². The highest BCUT2D eigenvalue weighted by Crippen LogP contribution is 2.29. The van der Waals surface area contributed by atoms with E-state index in [-0.39, 0.29) is 22.8 Å². The number of esters is 1. The van der Waals surface area contributed by atoms with Crippen molar-refractivity contribution in [1.29, 1.82) is 0 Å². The fourth-order valence-corrected chi connectivity index (χ4v) is 1.93. The van der Waals surface area contributed by atoms with E-state index in [1.807, 2.05) is 0 Å². The summed E-state index contributed by atoms with van der Waals surface area (Å²) in [7, 11) is 0. The molecule has 0 saturated carbocycles. The van der Waals surface area contributed by atoms with Crippen molar-refractivity contribution < 1.29 is 18.3 Å². The third-order valence-electron chi connectivity index (χ3n) is 1.90. The fourth-order valence-electron chi connectivity index (χ4n) is 1.17. The zero-order valence-electron chi connectivity index (χ0n) is 8.84. The zero-order chi connectivity index (χ0) is 13.0. The third-order valence-corrected chi connectivity index (χ3v) is 2.89. The summed E-state index contributed by atoms with van der Waals surface area (Å²) in [5.41, 5.74) is -0.0719. The smallest absolute Gasteiger partial charge is 0.310 e. The van der Waals surface area contributed by atoms with Crippen LogP contribution in [-0.2, 0) is 16.0 Å². The molecule has 94 valence electrons. The Bertz CT molecular complexity index is 429. The van der Waals surface area contributed by atoms with Gasteiger partial charge >= 0.3 is 5.97 Å². The molecule has 0 saturated heterocycles. The Hall–Kier alpha value is -0.750. The van der Waals surface area contributed by atoms with Gasteiger partial charge in [0.1, 0.15) is 9.76 Å². The highest BCUT2D eigenvalue weighted by Gasteiger charge is 2.18. The molecule has 0 aliphatic heterocycles. The number of pyridine rings is 1. The molecular formula is C10H9BrClF2NO2. The molecule has 1 heterocycles. The average molecular weight is 329 g/mol. The van der Waals surface area contributed by atoms with Gasteiger partial charge < -0.3 is 4.74 Å². The molecule has 17 heavy (non-hydrogen) atoms. The lowest BCUT2D eigenvalue weighted by Gasteiger charge is -2.08. The Labute approximate surface area is 110 Å². The van der Waals surface area contributed by atoms with Gasteiger partial charge in [-0.25, -0.2) is 13.8 Å². The molecule has 1 aromatic heterocycles. The molecule has 1 rings (SSSR count). The van der Waals surface area contributed by atoms with Gasteiger partial charge in [0.05, 0.1) is 18.6 Å². The van der Waals surface area contributed by atoms with Gasteiger partial charge in [-0.3, -0.25) is 4.79 Å². The maximum atomic E-state index is 12.6. The van der Waals surface area contributed by atoms with Crippen LogP contribution in [0, 0.1) is 0 Å². The number of hydrogen-bond donors (Lipinski definition) is 0. The van der Waals surface area contributed by atoms with Gasteiger partial charge in [-0.2, -0.15) is 0 Å². The van der Waals surface area contributed by atoms with Crippen LogP contribution in [0.2, 0.25) is 5.15 Å². The van der Waals surface area contributed by atoms with Crippen molar-refractivity contribution in [3.05, 3.63) is 26.9 Å². The molecule has 0 N–H and O–H groups in total. The van der Waals surface area contributed by atoms with Crippen LogP contribution in [0.5, 0.6) is 0 Å². The number of hydrogen-bond acceptors (Lipinski definition) is 3. The maximum Gasteiger partial charge on any atom is 0.310 e. The number of carbonyl (C=O) groups excluding carboxylic acids is 1. The Balaban J connectivity index is 2.99. The van der Waals surface area contributed by atoms with Crippen LogP contribution >= 0.6 is 27.5 Å². The normalized spacial score (nSPS) is 10.7. The molecule has 0 spiro atoms. The van der Waals surface area contributed by atoms with E-state index in [0.717, 1.165) is 6.07 Å². The lowest BCUT2D eigenvalue weighted by molar-refractivity contribution is -0.142. The van der Waals surface area contributed by atoms with E-state index in [1.165, 1.54) is 0 Å². The summed E-state index contributed by atoms with van der Waals surface area (Å²) >= 11 is 8.62. The van der Waals surface area contributed by atoms with Gasteiger partial charge in [0.25, 0.3) is 6.43 Å². The first kappa shape index (κ1) is 14.3. The largest absolute Gasteiger partial charge is 0.466 e. The topological polar surface area (TPSA) is 39.2 Å². The van der Waals surface area contributed by atoms with Crippen molar-refractivity contribution in [3.8, 4) is 0 Å². The van der Waals surface area contributed by atoms with Gasteiger partial charge in [-0.15, -0.1) is 0 Å². The monoisotopic (exact) mass is 327 g/mol. The molecular weight excluding hydrogens is 319 g/mol. The number of carbonyl (C=O) groups is 1. The molecule has 0 aliphatic carbocycles. The predicted molar refractivity (Wildman–Crippen MR) is 62.2 cm³/mol. The minimum atomic E-state index is -2.73. The molecule has 0 aliphatic rings. The van der Waals surface area contributed by atoms with Gasteiger partial charge in [0.2, 0.25) is 0 Å². The number of halogens is 4. The number of rotatable bonds is 4. The SMILES string of the molecule is CCOC(=O)Cc1cc(C(F)F)c(Cl)nc1Br. The minimum absolute atomic E-state index is 0.127. The lowest BCUT2D eigenvalue weighted by atomic mass is 10.1. The molecule has 0 radical (unpaired) electrons. The van der Waals surface area contributed by atoms with Crippen LogP contribution in [-0.4, -0.2) is 17.6 Å². The minimum Gasteiger partial charge on any atom is -0.466 e. The Kier molecular flexibility index (Phi) is 5.27. The van der Waals surface area contributed by atoms with Gasteiger partial charge in [-0.05, 0) is 34.5 Å². The first-order valence-electron chi connectivity index (χ1n) is 4.74. The highest BCUT2D eigenvalue weighted by atomic mass is 79.9. The van der Waals surface area contributed by atoms with Crippen LogP contribution in [0.4, 0.5) is 8.78 Å². The second-order valence-electron chi connectivity index (χ2n) is 3.10. The second kappa shape index (κ2) is 6.26. The van der Waals surface area contributed by atoms with E-state index >= 15 is 0 Å². The van der Waals surface area contributed by atoms with Crippen molar-refractivity contribution in [3.63, 3.8) is 0 Å². The number of nitrogens with zero attached hydrogens (tertiary/aromatic N) is 1. The Morgan fingerprint density at radius 2 is 2.29 bits per heavy atom. The summed E-state index contributed by atoms with van der Waals surface area (Å²) in [5, 5.41) is -0.278. The second-order valence-corrected chi connectivity index (χ2v) is 4.21. The fraction of sp³-hybridized carbons (Fsp3) is 0.400. The summed E-state index contributed by atoms with van der Waals surface area (Å²) < 4.78 is 30.1. The third kappa shape index (κ3) is 3.89. The molecule has 0 atom stereocenters. The van der Waals surface area contributed by atoms with Crippen molar-refractivity contribution in [2.45, 2.75) is 19.8 Å². The van der Waals surface area contributed by atoms with Crippen molar-refractivity contribution >= 4 is 33.5 Å². The average Bonchev–Trinajstić information content (AvgIpc) is 2.21.